The molecule has 0 aromatic carbocycles. The number of ether oxygens (including phenoxy) is 1. The topological polar surface area (TPSA) is 39.2 Å². The van der Waals surface area contributed by atoms with Crippen molar-refractivity contribution in [2.45, 2.75) is 63.9 Å². The van der Waals surface area contributed by atoms with Gasteiger partial charge in [-0.1, -0.05) is 19.9 Å². The molecule has 3 nitrogen and oxygen atoms in total. The molecule has 1 fully saturated rings. The van der Waals surface area contributed by atoms with Gasteiger partial charge in [0.15, 0.2) is 5.78 Å². The molecule has 1 saturated carbocycles. The van der Waals surface area contributed by atoms with Crippen molar-refractivity contribution in [3.05, 3.63) is 29.6 Å². The second-order valence-corrected chi connectivity index (χ2v) is 7.37. The second kappa shape index (κ2) is 5.20. The Morgan fingerprint density at radius 3 is 2.67 bits per heavy atom. The third kappa shape index (κ3) is 2.52. The van der Waals surface area contributed by atoms with E-state index < -0.39 is 5.60 Å². The highest BCUT2D eigenvalue weighted by Crippen LogP contribution is 2.46. The maximum Gasteiger partial charge on any atom is 0.173 e. The Balaban J connectivity index is 1.85. The Labute approximate surface area is 127 Å². The zero-order valence-corrected chi connectivity index (χ0v) is 13.3. The number of carbonyl (C=O) groups excluding carboxylic acids is 1. The third-order valence-corrected chi connectivity index (χ3v) is 5.53. The summed E-state index contributed by atoms with van der Waals surface area (Å²) in [5, 5.41) is 0. The Morgan fingerprint density at radius 2 is 2.00 bits per heavy atom. The van der Waals surface area contributed by atoms with Gasteiger partial charge >= 0.3 is 0 Å². The monoisotopic (exact) mass is 287 g/mol. The number of Topliss-reactive ketones (excluding diaryl/α,β-unsaturated/α-hetero) is 1. The summed E-state index contributed by atoms with van der Waals surface area (Å²) in [7, 11) is 1.70. The van der Waals surface area contributed by atoms with Crippen LogP contribution in [0.5, 0.6) is 0 Å². The van der Waals surface area contributed by atoms with Crippen LogP contribution in [0, 0.1) is 5.41 Å². The lowest BCUT2D eigenvalue weighted by Gasteiger charge is -2.42. The molecule has 0 bridgehead atoms. The van der Waals surface area contributed by atoms with E-state index >= 15 is 0 Å². The first-order valence-electron chi connectivity index (χ1n) is 8.01. The van der Waals surface area contributed by atoms with E-state index in [1.165, 1.54) is 5.56 Å². The van der Waals surface area contributed by atoms with E-state index in [0.29, 0.717) is 5.41 Å². The fourth-order valence-electron chi connectivity index (χ4n) is 3.87. The highest BCUT2D eigenvalue weighted by Gasteiger charge is 2.48. The van der Waals surface area contributed by atoms with Crippen molar-refractivity contribution in [1.82, 2.24) is 4.98 Å². The number of carbonyl (C=O) groups is 1. The lowest BCUT2D eigenvalue weighted by Crippen LogP contribution is -2.47. The number of aryl methyl sites for hydroxylation is 1. The van der Waals surface area contributed by atoms with Gasteiger partial charge < -0.3 is 4.74 Å². The number of methoxy groups -OCH3 is 1. The van der Waals surface area contributed by atoms with Crippen LogP contribution in [0.1, 0.15) is 63.1 Å². The fourth-order valence-corrected chi connectivity index (χ4v) is 3.87. The van der Waals surface area contributed by atoms with Gasteiger partial charge in [-0.25, -0.2) is 0 Å². The maximum atomic E-state index is 13.2. The first-order valence-corrected chi connectivity index (χ1v) is 8.01. The highest BCUT2D eigenvalue weighted by atomic mass is 16.5. The highest BCUT2D eigenvalue weighted by molar-refractivity contribution is 5.94. The molecule has 1 aromatic rings. The molecule has 2 aliphatic carbocycles. The molecule has 0 radical (unpaired) electrons. The lowest BCUT2D eigenvalue weighted by atomic mass is 9.67. The maximum absolute atomic E-state index is 13.2. The van der Waals surface area contributed by atoms with Crippen LogP contribution in [0.3, 0.4) is 0 Å². The lowest BCUT2D eigenvalue weighted by molar-refractivity contribution is -0.149. The van der Waals surface area contributed by atoms with E-state index in [0.717, 1.165) is 44.2 Å². The quantitative estimate of drug-likeness (QED) is 0.851. The molecule has 21 heavy (non-hydrogen) atoms. The third-order valence-electron chi connectivity index (χ3n) is 5.53. The van der Waals surface area contributed by atoms with Crippen molar-refractivity contribution in [3.8, 4) is 0 Å². The van der Waals surface area contributed by atoms with Crippen LogP contribution in [0.2, 0.25) is 0 Å². The van der Waals surface area contributed by atoms with Crippen LogP contribution in [0.4, 0.5) is 0 Å². The van der Waals surface area contributed by atoms with Gasteiger partial charge in [0.25, 0.3) is 0 Å². The smallest absolute Gasteiger partial charge is 0.173 e. The summed E-state index contributed by atoms with van der Waals surface area (Å²) in [6, 6.07) is 4.06. The Bertz CT molecular complexity index is 540. The van der Waals surface area contributed by atoms with Crippen LogP contribution in [-0.2, 0) is 16.0 Å². The average Bonchev–Trinajstić information content (AvgIpc) is 2.91. The Morgan fingerprint density at radius 1 is 1.29 bits per heavy atom. The SMILES string of the molecule is COC1(C(=O)C2CCc3cccnc32)CCC(C)(C)CC1. The molecule has 0 N–H and O–H groups in total. The summed E-state index contributed by atoms with van der Waals surface area (Å²) in [6.45, 7) is 4.56. The van der Waals surface area contributed by atoms with Gasteiger partial charge in [0, 0.05) is 13.3 Å². The second-order valence-electron chi connectivity index (χ2n) is 7.37. The van der Waals surface area contributed by atoms with E-state index in [4.69, 9.17) is 4.74 Å². The van der Waals surface area contributed by atoms with Crippen molar-refractivity contribution in [2.75, 3.05) is 7.11 Å². The molecule has 1 aromatic heterocycles. The van der Waals surface area contributed by atoms with Crippen LogP contribution in [-0.4, -0.2) is 23.5 Å². The predicted octanol–water partition coefficient (Wildman–Crippen LogP) is 3.67. The first kappa shape index (κ1) is 14.7. The number of ketones is 1. The van der Waals surface area contributed by atoms with Gasteiger partial charge in [-0.05, 0) is 55.6 Å². The number of hydrogen-bond acceptors (Lipinski definition) is 3. The van der Waals surface area contributed by atoms with Crippen LogP contribution >= 0.6 is 0 Å². The molecule has 114 valence electrons. The first-order chi connectivity index (χ1) is 9.97. The van der Waals surface area contributed by atoms with Crippen molar-refractivity contribution < 1.29 is 9.53 Å². The standard InChI is InChI=1S/C18H25NO2/c1-17(2)8-10-18(21-3,11-9-17)16(20)14-7-6-13-5-4-12-19-15(13)14/h4-5,12,14H,6-11H2,1-3H3. The largest absolute Gasteiger partial charge is 0.370 e. The molecule has 1 atom stereocenters. The minimum absolute atomic E-state index is 0.0673. The van der Waals surface area contributed by atoms with Crippen molar-refractivity contribution >= 4 is 5.78 Å². The van der Waals surface area contributed by atoms with E-state index in [-0.39, 0.29) is 11.7 Å². The van der Waals surface area contributed by atoms with Gasteiger partial charge in [-0.2, -0.15) is 0 Å². The molecule has 0 spiro atoms. The van der Waals surface area contributed by atoms with Crippen molar-refractivity contribution in [3.63, 3.8) is 0 Å². The van der Waals surface area contributed by atoms with Gasteiger partial charge in [0.2, 0.25) is 0 Å². The van der Waals surface area contributed by atoms with E-state index in [9.17, 15) is 4.79 Å². The van der Waals surface area contributed by atoms with Crippen molar-refractivity contribution in [1.29, 1.82) is 0 Å². The minimum atomic E-state index is -0.584. The zero-order chi connectivity index (χ0) is 15.1. The summed E-state index contributed by atoms with van der Waals surface area (Å²) in [4.78, 5) is 17.6. The van der Waals surface area contributed by atoms with Gasteiger partial charge in [0.05, 0.1) is 11.6 Å². The molecule has 1 unspecified atom stereocenters. The summed E-state index contributed by atoms with van der Waals surface area (Å²) in [5.74, 6) is 0.195. The van der Waals surface area contributed by atoms with Crippen LogP contribution < -0.4 is 0 Å². The van der Waals surface area contributed by atoms with E-state index in [1.807, 2.05) is 6.07 Å². The number of aromatic nitrogens is 1. The van der Waals surface area contributed by atoms with Crippen LogP contribution in [0.15, 0.2) is 18.3 Å². The average molecular weight is 287 g/mol. The van der Waals surface area contributed by atoms with E-state index in [1.54, 1.807) is 13.3 Å². The minimum Gasteiger partial charge on any atom is -0.370 e. The number of pyridine rings is 1. The Hall–Kier alpha value is -1.22. The Kier molecular flexibility index (Phi) is 3.64. The molecule has 1 heterocycles. The normalized spacial score (nSPS) is 26.3. The predicted molar refractivity (Wildman–Crippen MR) is 82.3 cm³/mol. The fraction of sp³-hybridized carbons (Fsp3) is 0.667. The van der Waals surface area contributed by atoms with E-state index in [2.05, 4.69) is 24.9 Å². The summed E-state index contributed by atoms with van der Waals surface area (Å²) in [6.07, 6.45) is 7.43. The molecule has 0 saturated heterocycles. The zero-order valence-electron chi connectivity index (χ0n) is 13.3. The van der Waals surface area contributed by atoms with Crippen molar-refractivity contribution in [2.24, 2.45) is 5.41 Å². The number of fused-ring (bicyclic) bond motifs is 1. The molecular formula is C18H25NO2. The molecule has 0 amide bonds. The number of hydrogen-bond donors (Lipinski definition) is 0. The van der Waals surface area contributed by atoms with Gasteiger partial charge in [-0.3, -0.25) is 9.78 Å². The molecule has 0 aliphatic heterocycles. The van der Waals surface area contributed by atoms with Gasteiger partial charge in [-0.15, -0.1) is 0 Å². The summed E-state index contributed by atoms with van der Waals surface area (Å²) < 4.78 is 5.78. The molecule has 3 rings (SSSR count). The molecule has 2 aliphatic rings. The summed E-state index contributed by atoms with van der Waals surface area (Å²) in [5.41, 5.74) is 1.97. The van der Waals surface area contributed by atoms with Gasteiger partial charge in [0.1, 0.15) is 5.60 Å². The molecule has 3 heteroatoms. The number of rotatable bonds is 3. The molecular weight excluding hydrogens is 262 g/mol. The number of nitrogens with zero attached hydrogens (tertiary/aromatic N) is 1. The van der Waals surface area contributed by atoms with Crippen LogP contribution in [0.25, 0.3) is 0 Å². The summed E-state index contributed by atoms with van der Waals surface area (Å²) >= 11 is 0.